The van der Waals surface area contributed by atoms with Gasteiger partial charge in [-0.15, -0.1) is 0 Å². The van der Waals surface area contributed by atoms with Crippen molar-refractivity contribution in [3.63, 3.8) is 0 Å². The molecule has 1 aliphatic heterocycles. The van der Waals surface area contributed by atoms with Crippen LogP contribution in [0.15, 0.2) is 24.3 Å². The van der Waals surface area contributed by atoms with E-state index >= 15 is 0 Å². The molecule has 2 N–H and O–H groups in total. The number of aryl methyl sites for hydroxylation is 1. The number of nitrogens with two attached hydrogens (primary N) is 1. The molecule has 0 bridgehead atoms. The van der Waals surface area contributed by atoms with Crippen LogP contribution < -0.4 is 5.73 Å². The Morgan fingerprint density at radius 2 is 1.93 bits per heavy atom. The van der Waals surface area contributed by atoms with E-state index in [1.54, 1.807) is 0 Å². The first-order valence-electron chi connectivity index (χ1n) is 5.46. The summed E-state index contributed by atoms with van der Waals surface area (Å²) in [5, 5.41) is 0. The molecule has 0 amide bonds. The summed E-state index contributed by atoms with van der Waals surface area (Å²) in [7, 11) is 0. The van der Waals surface area contributed by atoms with Crippen LogP contribution in [0.4, 0.5) is 0 Å². The van der Waals surface area contributed by atoms with E-state index < -0.39 is 0 Å². The van der Waals surface area contributed by atoms with E-state index in [4.69, 9.17) is 5.73 Å². The van der Waals surface area contributed by atoms with Gasteiger partial charge in [0, 0.05) is 22.7 Å². The molecule has 1 heterocycles. The van der Waals surface area contributed by atoms with E-state index in [9.17, 15) is 0 Å². The van der Waals surface area contributed by atoms with Gasteiger partial charge in [0.25, 0.3) is 0 Å². The average molecular weight is 316 g/mol. The van der Waals surface area contributed by atoms with Crippen LogP contribution in [0.1, 0.15) is 12.0 Å². The van der Waals surface area contributed by atoms with Gasteiger partial charge in [-0.3, -0.25) is 0 Å². The van der Waals surface area contributed by atoms with Crippen LogP contribution >= 0.6 is 22.6 Å². The number of hydrogen-bond donors (Lipinski definition) is 1. The fraction of sp³-hybridized carbons (Fsp3) is 0.500. The highest BCUT2D eigenvalue weighted by Crippen LogP contribution is 2.10. The van der Waals surface area contributed by atoms with Gasteiger partial charge in [0.15, 0.2) is 0 Å². The monoisotopic (exact) mass is 316 g/mol. The van der Waals surface area contributed by atoms with Gasteiger partial charge < -0.3 is 10.6 Å². The van der Waals surface area contributed by atoms with Crippen LogP contribution in [0, 0.1) is 3.57 Å². The number of hydrogen-bond acceptors (Lipinski definition) is 2. The molecule has 15 heavy (non-hydrogen) atoms. The van der Waals surface area contributed by atoms with Crippen LogP contribution in [0.2, 0.25) is 0 Å². The highest BCUT2D eigenvalue weighted by Gasteiger charge is 2.21. The van der Waals surface area contributed by atoms with Gasteiger partial charge in [0.05, 0.1) is 0 Å². The Balaban J connectivity index is 1.67. The average Bonchev–Trinajstić information content (AvgIpc) is 2.18. The molecule has 0 spiro atoms. The van der Waals surface area contributed by atoms with Crippen molar-refractivity contribution in [3.8, 4) is 0 Å². The highest BCUT2D eigenvalue weighted by molar-refractivity contribution is 14.1. The molecule has 1 aromatic carbocycles. The van der Waals surface area contributed by atoms with Crippen molar-refractivity contribution >= 4 is 22.6 Å². The summed E-state index contributed by atoms with van der Waals surface area (Å²) in [5.41, 5.74) is 7.17. The maximum Gasteiger partial charge on any atom is 0.0297 e. The highest BCUT2D eigenvalue weighted by atomic mass is 127. The smallest absolute Gasteiger partial charge is 0.0297 e. The third-order valence-corrected chi connectivity index (χ3v) is 3.56. The van der Waals surface area contributed by atoms with E-state index in [0.29, 0.717) is 6.04 Å². The Morgan fingerprint density at radius 1 is 1.27 bits per heavy atom. The van der Waals surface area contributed by atoms with E-state index in [1.165, 1.54) is 28.5 Å². The van der Waals surface area contributed by atoms with Gasteiger partial charge in [0.2, 0.25) is 0 Å². The molecule has 1 fully saturated rings. The Hall–Kier alpha value is -0.130. The first kappa shape index (κ1) is 11.4. The topological polar surface area (TPSA) is 29.3 Å². The van der Waals surface area contributed by atoms with Crippen molar-refractivity contribution in [2.24, 2.45) is 5.73 Å². The Morgan fingerprint density at radius 3 is 2.53 bits per heavy atom. The van der Waals surface area contributed by atoms with Gasteiger partial charge in [-0.05, 0) is 59.7 Å². The molecule has 0 aromatic heterocycles. The fourth-order valence-corrected chi connectivity index (χ4v) is 2.31. The second-order valence-electron chi connectivity index (χ2n) is 4.25. The molecule has 2 nitrogen and oxygen atoms in total. The van der Waals surface area contributed by atoms with Crippen LogP contribution in [0.5, 0.6) is 0 Å². The molecule has 2 rings (SSSR count). The molecule has 0 atom stereocenters. The van der Waals surface area contributed by atoms with E-state index in [1.807, 2.05) is 0 Å². The zero-order valence-corrected chi connectivity index (χ0v) is 11.0. The van der Waals surface area contributed by atoms with Crippen molar-refractivity contribution in [3.05, 3.63) is 33.4 Å². The molecule has 1 saturated heterocycles. The lowest BCUT2D eigenvalue weighted by atomic mass is 10.1. The van der Waals surface area contributed by atoms with Gasteiger partial charge in [0.1, 0.15) is 0 Å². The second-order valence-corrected chi connectivity index (χ2v) is 5.50. The van der Waals surface area contributed by atoms with Gasteiger partial charge >= 0.3 is 0 Å². The molecule has 0 radical (unpaired) electrons. The summed E-state index contributed by atoms with van der Waals surface area (Å²) >= 11 is 2.34. The number of nitrogens with zero attached hydrogens (tertiary/aromatic N) is 1. The molecule has 0 saturated carbocycles. The summed E-state index contributed by atoms with van der Waals surface area (Å²) in [4.78, 5) is 2.43. The van der Waals surface area contributed by atoms with Crippen LogP contribution in [0.3, 0.4) is 0 Å². The lowest BCUT2D eigenvalue weighted by Crippen LogP contribution is -2.55. The van der Waals surface area contributed by atoms with Crippen molar-refractivity contribution in [1.29, 1.82) is 0 Å². The lowest BCUT2D eigenvalue weighted by Gasteiger charge is -2.36. The minimum absolute atomic E-state index is 0.434. The maximum atomic E-state index is 5.73. The standard InChI is InChI=1S/C12H17IN2/c13-11-5-3-10(4-6-11)2-1-7-15-8-12(14)9-15/h3-6,12H,1-2,7-9,14H2. The summed E-state index contributed by atoms with van der Waals surface area (Å²) < 4.78 is 1.31. The minimum Gasteiger partial charge on any atom is -0.325 e. The molecular weight excluding hydrogens is 299 g/mol. The van der Waals surface area contributed by atoms with Crippen LogP contribution in [0.25, 0.3) is 0 Å². The Bertz CT molecular complexity index is 304. The van der Waals surface area contributed by atoms with Gasteiger partial charge in [-0.2, -0.15) is 0 Å². The molecular formula is C12H17IN2. The second kappa shape index (κ2) is 5.27. The summed E-state index contributed by atoms with van der Waals surface area (Å²) in [5.74, 6) is 0. The SMILES string of the molecule is NC1CN(CCCc2ccc(I)cc2)C1. The van der Waals surface area contributed by atoms with Crippen molar-refractivity contribution < 1.29 is 0 Å². The molecule has 1 aromatic rings. The number of benzene rings is 1. The molecule has 82 valence electrons. The molecule has 3 heteroatoms. The number of halogens is 1. The quantitative estimate of drug-likeness (QED) is 0.859. The predicted molar refractivity (Wildman–Crippen MR) is 71.9 cm³/mol. The maximum absolute atomic E-state index is 5.73. The first-order valence-corrected chi connectivity index (χ1v) is 6.54. The van der Waals surface area contributed by atoms with Crippen LogP contribution in [-0.2, 0) is 6.42 Å². The van der Waals surface area contributed by atoms with Gasteiger partial charge in [-0.25, -0.2) is 0 Å². The van der Waals surface area contributed by atoms with Crippen molar-refractivity contribution in [2.75, 3.05) is 19.6 Å². The summed E-state index contributed by atoms with van der Waals surface area (Å²) in [6.07, 6.45) is 2.43. The van der Waals surface area contributed by atoms with Crippen LogP contribution in [-0.4, -0.2) is 30.6 Å². The third-order valence-electron chi connectivity index (χ3n) is 2.84. The van der Waals surface area contributed by atoms with Crippen molar-refractivity contribution in [1.82, 2.24) is 4.90 Å². The normalized spacial score (nSPS) is 17.7. The van der Waals surface area contributed by atoms with Gasteiger partial charge in [-0.1, -0.05) is 12.1 Å². The lowest BCUT2D eigenvalue weighted by molar-refractivity contribution is 0.149. The molecule has 1 aliphatic rings. The Kier molecular flexibility index (Phi) is 3.99. The fourth-order valence-electron chi connectivity index (χ4n) is 1.95. The number of rotatable bonds is 4. The minimum atomic E-state index is 0.434. The van der Waals surface area contributed by atoms with E-state index in [2.05, 4.69) is 51.8 Å². The van der Waals surface area contributed by atoms with Crippen molar-refractivity contribution in [2.45, 2.75) is 18.9 Å². The first-order chi connectivity index (χ1) is 7.24. The van der Waals surface area contributed by atoms with E-state index in [0.717, 1.165) is 13.1 Å². The molecule has 0 unspecified atom stereocenters. The zero-order chi connectivity index (χ0) is 10.7. The predicted octanol–water partition coefficient (Wildman–Crippen LogP) is 1.87. The Labute approximate surface area is 105 Å². The largest absolute Gasteiger partial charge is 0.325 e. The summed E-state index contributed by atoms with van der Waals surface area (Å²) in [6, 6.07) is 9.24. The summed E-state index contributed by atoms with van der Waals surface area (Å²) in [6.45, 7) is 3.37. The molecule has 0 aliphatic carbocycles. The zero-order valence-electron chi connectivity index (χ0n) is 8.82. The van der Waals surface area contributed by atoms with E-state index in [-0.39, 0.29) is 0 Å². The third kappa shape index (κ3) is 3.43. The number of likely N-dealkylation sites (tertiary alicyclic amines) is 1.